The number of carbonyl (C=O) groups is 1. The van der Waals surface area contributed by atoms with Gasteiger partial charge in [-0.3, -0.25) is 0 Å². The first kappa shape index (κ1) is 12.7. The van der Waals surface area contributed by atoms with E-state index >= 15 is 0 Å². The maximum Gasteiger partial charge on any atom is 0.410 e. The summed E-state index contributed by atoms with van der Waals surface area (Å²) in [4.78, 5) is 14.0. The van der Waals surface area contributed by atoms with Crippen LogP contribution in [0.15, 0.2) is 0 Å². The summed E-state index contributed by atoms with van der Waals surface area (Å²) < 4.78 is 5.46. The van der Waals surface area contributed by atoms with E-state index in [1.54, 1.807) is 0 Å². The van der Waals surface area contributed by atoms with Gasteiger partial charge in [0.2, 0.25) is 0 Å². The molecule has 4 nitrogen and oxygen atoms in total. The minimum atomic E-state index is -0.442. The van der Waals surface area contributed by atoms with Crippen molar-refractivity contribution in [3.63, 3.8) is 0 Å². The summed E-state index contributed by atoms with van der Waals surface area (Å²) in [6.07, 6.45) is 3.89. The topological polar surface area (TPSA) is 49.8 Å². The third-order valence-electron chi connectivity index (χ3n) is 3.80. The lowest BCUT2D eigenvalue weighted by molar-refractivity contribution is -0.00717. The van der Waals surface area contributed by atoms with E-state index in [4.69, 9.17) is 4.74 Å². The zero-order valence-electron chi connectivity index (χ0n) is 11.0. The smallest absolute Gasteiger partial charge is 0.410 e. The molecule has 2 aliphatic rings. The fraction of sp³-hybridized carbons (Fsp3) is 0.923. The predicted octanol–water partition coefficient (Wildman–Crippen LogP) is 2.16. The normalized spacial score (nSPS) is 32.7. The van der Waals surface area contributed by atoms with Crippen LogP contribution in [0.5, 0.6) is 0 Å². The summed E-state index contributed by atoms with van der Waals surface area (Å²) in [7, 11) is 0. The van der Waals surface area contributed by atoms with Crippen LogP contribution in [0.25, 0.3) is 0 Å². The highest BCUT2D eigenvalue weighted by atomic mass is 16.6. The molecule has 0 radical (unpaired) electrons. The van der Waals surface area contributed by atoms with Crippen molar-refractivity contribution in [3.05, 3.63) is 0 Å². The lowest BCUT2D eigenvalue weighted by atomic mass is 9.91. The van der Waals surface area contributed by atoms with Crippen LogP contribution in [0.2, 0.25) is 0 Å². The number of piperidine rings is 1. The van der Waals surface area contributed by atoms with Gasteiger partial charge >= 0.3 is 6.09 Å². The van der Waals surface area contributed by atoms with Crippen molar-refractivity contribution < 1.29 is 14.6 Å². The maximum absolute atomic E-state index is 12.2. The average Bonchev–Trinajstić information content (AvgIpc) is 2.52. The third kappa shape index (κ3) is 2.57. The molecule has 2 fully saturated rings. The molecule has 0 aromatic heterocycles. The standard InChI is InChI=1S/C13H23NO3/c1-13(2,3)17-12(16)14-10-5-4-9(8-15)11(14)7-6-10/h9-11,15H,4-8H2,1-3H3/t9-,10+,11?/m0/s1. The van der Waals surface area contributed by atoms with Crippen molar-refractivity contribution in [2.75, 3.05) is 6.61 Å². The zero-order chi connectivity index (χ0) is 12.6. The number of fused-ring (bicyclic) bond motifs is 2. The molecule has 4 heteroatoms. The highest BCUT2D eigenvalue weighted by Crippen LogP contribution is 2.39. The van der Waals surface area contributed by atoms with Crippen molar-refractivity contribution in [1.82, 2.24) is 4.90 Å². The predicted molar refractivity (Wildman–Crippen MR) is 64.7 cm³/mol. The Bertz CT molecular complexity index is 298. The van der Waals surface area contributed by atoms with Gasteiger partial charge in [0.05, 0.1) is 0 Å². The van der Waals surface area contributed by atoms with Gasteiger partial charge in [-0.25, -0.2) is 4.79 Å². The van der Waals surface area contributed by atoms with E-state index in [0.29, 0.717) is 6.04 Å². The number of nitrogens with zero attached hydrogens (tertiary/aromatic N) is 1. The van der Waals surface area contributed by atoms with Gasteiger partial charge in [-0.2, -0.15) is 0 Å². The molecule has 0 saturated carbocycles. The van der Waals surface area contributed by atoms with Crippen molar-refractivity contribution in [2.45, 2.75) is 64.1 Å². The van der Waals surface area contributed by atoms with Crippen LogP contribution in [0.4, 0.5) is 4.79 Å². The molecular weight excluding hydrogens is 218 g/mol. The molecule has 2 rings (SSSR count). The fourth-order valence-electron chi connectivity index (χ4n) is 3.07. The van der Waals surface area contributed by atoms with Crippen LogP contribution in [-0.2, 0) is 4.74 Å². The molecular formula is C13H23NO3. The molecule has 3 atom stereocenters. The Kier molecular flexibility index (Phi) is 3.34. The zero-order valence-corrected chi connectivity index (χ0v) is 11.0. The minimum absolute atomic E-state index is 0.177. The van der Waals surface area contributed by atoms with E-state index < -0.39 is 5.60 Å². The van der Waals surface area contributed by atoms with Gasteiger partial charge in [0.15, 0.2) is 0 Å². The first-order valence-electron chi connectivity index (χ1n) is 6.54. The number of rotatable bonds is 1. The number of aliphatic hydroxyl groups is 1. The molecule has 1 unspecified atom stereocenters. The van der Waals surface area contributed by atoms with Crippen molar-refractivity contribution in [1.29, 1.82) is 0 Å². The number of hydrogen-bond acceptors (Lipinski definition) is 3. The highest BCUT2D eigenvalue weighted by Gasteiger charge is 2.45. The summed E-state index contributed by atoms with van der Waals surface area (Å²) in [6.45, 7) is 5.84. The molecule has 17 heavy (non-hydrogen) atoms. The Morgan fingerprint density at radius 2 is 1.94 bits per heavy atom. The van der Waals surface area contributed by atoms with Crippen LogP contribution < -0.4 is 0 Å². The molecule has 0 aliphatic carbocycles. The lowest BCUT2D eigenvalue weighted by Gasteiger charge is -2.39. The molecule has 0 aromatic carbocycles. The second-order valence-corrected chi connectivity index (χ2v) is 6.21. The van der Waals surface area contributed by atoms with Gasteiger partial charge in [-0.05, 0) is 46.5 Å². The molecule has 1 N–H and O–H groups in total. The van der Waals surface area contributed by atoms with Gasteiger partial charge in [-0.15, -0.1) is 0 Å². The third-order valence-corrected chi connectivity index (χ3v) is 3.80. The Morgan fingerprint density at radius 1 is 1.29 bits per heavy atom. The molecule has 2 aliphatic heterocycles. The van der Waals surface area contributed by atoms with Gasteiger partial charge in [0.1, 0.15) is 5.60 Å². The quantitative estimate of drug-likeness (QED) is 0.765. The van der Waals surface area contributed by atoms with Crippen LogP contribution >= 0.6 is 0 Å². The van der Waals surface area contributed by atoms with Gasteiger partial charge in [0, 0.05) is 24.6 Å². The van der Waals surface area contributed by atoms with Crippen LogP contribution in [0, 0.1) is 5.92 Å². The van der Waals surface area contributed by atoms with Crippen molar-refractivity contribution >= 4 is 6.09 Å². The molecule has 2 bridgehead atoms. The van der Waals surface area contributed by atoms with Crippen molar-refractivity contribution in [2.24, 2.45) is 5.92 Å². The maximum atomic E-state index is 12.2. The summed E-state index contributed by atoms with van der Waals surface area (Å²) in [5.41, 5.74) is -0.442. The van der Waals surface area contributed by atoms with E-state index in [0.717, 1.165) is 25.7 Å². The van der Waals surface area contributed by atoms with Gasteiger partial charge < -0.3 is 14.7 Å². The Hall–Kier alpha value is -0.770. The average molecular weight is 241 g/mol. The van der Waals surface area contributed by atoms with Crippen LogP contribution in [0.1, 0.15) is 46.5 Å². The molecule has 2 saturated heterocycles. The minimum Gasteiger partial charge on any atom is -0.444 e. The van der Waals surface area contributed by atoms with E-state index in [-0.39, 0.29) is 24.7 Å². The number of hydrogen-bond donors (Lipinski definition) is 1. The number of amides is 1. The molecule has 2 heterocycles. The van der Waals surface area contributed by atoms with E-state index in [1.807, 2.05) is 25.7 Å². The Morgan fingerprint density at radius 3 is 2.53 bits per heavy atom. The summed E-state index contributed by atoms with van der Waals surface area (Å²) in [5.74, 6) is 0.237. The lowest BCUT2D eigenvalue weighted by Crippen LogP contribution is -2.50. The number of aliphatic hydroxyl groups excluding tert-OH is 1. The fourth-order valence-corrected chi connectivity index (χ4v) is 3.07. The molecule has 98 valence electrons. The second kappa shape index (κ2) is 4.48. The molecule has 0 spiro atoms. The van der Waals surface area contributed by atoms with E-state index in [9.17, 15) is 9.90 Å². The first-order chi connectivity index (χ1) is 7.92. The monoisotopic (exact) mass is 241 g/mol. The summed E-state index contributed by atoms with van der Waals surface area (Å²) >= 11 is 0. The summed E-state index contributed by atoms with van der Waals surface area (Å²) in [5, 5.41) is 9.36. The Labute approximate surface area is 103 Å². The van der Waals surface area contributed by atoms with E-state index in [2.05, 4.69) is 0 Å². The highest BCUT2D eigenvalue weighted by molar-refractivity contribution is 5.69. The number of ether oxygens (including phenoxy) is 1. The Balaban J connectivity index is 2.07. The first-order valence-corrected chi connectivity index (χ1v) is 6.54. The van der Waals surface area contributed by atoms with Gasteiger partial charge in [-0.1, -0.05) is 0 Å². The summed E-state index contributed by atoms with van der Waals surface area (Å²) in [6, 6.07) is 0.520. The SMILES string of the molecule is CC(C)(C)OC(=O)N1C2CC[C@H]1CC[C@H]2CO. The van der Waals surface area contributed by atoms with Crippen molar-refractivity contribution in [3.8, 4) is 0 Å². The van der Waals surface area contributed by atoms with E-state index in [1.165, 1.54) is 0 Å². The second-order valence-electron chi connectivity index (χ2n) is 6.21. The number of carbonyl (C=O) groups excluding carboxylic acids is 1. The van der Waals surface area contributed by atoms with Crippen LogP contribution in [-0.4, -0.2) is 40.4 Å². The molecule has 1 amide bonds. The van der Waals surface area contributed by atoms with Gasteiger partial charge in [0.25, 0.3) is 0 Å². The largest absolute Gasteiger partial charge is 0.444 e. The van der Waals surface area contributed by atoms with Crippen LogP contribution in [0.3, 0.4) is 0 Å². The molecule has 0 aromatic rings.